The summed E-state index contributed by atoms with van der Waals surface area (Å²) in [7, 11) is 3.15. The van der Waals surface area contributed by atoms with Gasteiger partial charge in [-0.2, -0.15) is 5.10 Å². The molecule has 6 heteroatoms. The Balaban J connectivity index is 1.46. The monoisotopic (exact) mass is 427 g/mol. The predicted molar refractivity (Wildman–Crippen MR) is 126 cm³/mol. The highest BCUT2D eigenvalue weighted by Gasteiger charge is 2.09. The Bertz CT molecular complexity index is 1250. The zero-order valence-corrected chi connectivity index (χ0v) is 18.1. The van der Waals surface area contributed by atoms with Gasteiger partial charge >= 0.3 is 0 Å². The van der Waals surface area contributed by atoms with Crippen LogP contribution in [0.4, 0.5) is 0 Å². The first-order chi connectivity index (χ1) is 15.7. The lowest BCUT2D eigenvalue weighted by atomic mass is 10.1. The first-order valence-corrected chi connectivity index (χ1v) is 10.3. The van der Waals surface area contributed by atoms with E-state index in [0.717, 1.165) is 28.6 Å². The summed E-state index contributed by atoms with van der Waals surface area (Å²) in [6.07, 6.45) is 3.94. The van der Waals surface area contributed by atoms with E-state index in [4.69, 9.17) is 9.47 Å². The lowest BCUT2D eigenvalue weighted by Crippen LogP contribution is -2.19. The van der Waals surface area contributed by atoms with Crippen molar-refractivity contribution in [3.05, 3.63) is 95.7 Å². The summed E-state index contributed by atoms with van der Waals surface area (Å²) in [5, 5.41) is 5.28. The molecular formula is C26H25N3O3. The summed E-state index contributed by atoms with van der Waals surface area (Å²) in [5.74, 6) is 1.01. The van der Waals surface area contributed by atoms with E-state index < -0.39 is 0 Å². The number of nitrogens with one attached hydrogen (secondary N) is 1. The van der Waals surface area contributed by atoms with E-state index >= 15 is 0 Å². The molecule has 0 fully saturated rings. The summed E-state index contributed by atoms with van der Waals surface area (Å²) in [6, 6.07) is 23.9. The Morgan fingerprint density at radius 3 is 2.47 bits per heavy atom. The number of rotatable bonds is 8. The number of carbonyl (C=O) groups excluding carboxylic acids is 1. The van der Waals surface area contributed by atoms with Crippen LogP contribution in [0.1, 0.15) is 16.7 Å². The summed E-state index contributed by atoms with van der Waals surface area (Å²) in [4.78, 5) is 12.4. The number of nitrogens with zero attached hydrogens (tertiary/aromatic N) is 2. The molecule has 0 radical (unpaired) electrons. The van der Waals surface area contributed by atoms with Crippen molar-refractivity contribution in [3.63, 3.8) is 0 Å². The molecule has 4 aromatic rings. The van der Waals surface area contributed by atoms with E-state index in [0.29, 0.717) is 11.5 Å². The number of hydrogen-bond acceptors (Lipinski definition) is 4. The van der Waals surface area contributed by atoms with Gasteiger partial charge in [0.25, 0.3) is 0 Å². The molecule has 0 saturated carbocycles. The molecule has 1 aromatic heterocycles. The van der Waals surface area contributed by atoms with Crippen LogP contribution in [0.3, 0.4) is 0 Å². The smallest absolute Gasteiger partial charge is 0.244 e. The Morgan fingerprint density at radius 2 is 1.69 bits per heavy atom. The zero-order valence-electron chi connectivity index (χ0n) is 18.1. The van der Waals surface area contributed by atoms with Crippen molar-refractivity contribution in [2.45, 2.75) is 13.0 Å². The van der Waals surface area contributed by atoms with E-state index in [1.807, 2.05) is 36.4 Å². The fraction of sp³-hybridized carbons (Fsp3) is 0.154. The number of carbonyl (C=O) groups is 1. The molecule has 3 aromatic carbocycles. The van der Waals surface area contributed by atoms with Crippen molar-refractivity contribution in [3.8, 4) is 11.5 Å². The highest BCUT2D eigenvalue weighted by atomic mass is 16.5. The lowest BCUT2D eigenvalue weighted by Gasteiger charge is -2.09. The largest absolute Gasteiger partial charge is 0.493 e. The van der Waals surface area contributed by atoms with Crippen LogP contribution < -0.4 is 14.9 Å². The number of benzene rings is 3. The van der Waals surface area contributed by atoms with Gasteiger partial charge < -0.3 is 14.0 Å². The summed E-state index contributed by atoms with van der Waals surface area (Å²) < 4.78 is 12.7. The van der Waals surface area contributed by atoms with Crippen molar-refractivity contribution in [2.75, 3.05) is 14.2 Å². The van der Waals surface area contributed by atoms with E-state index in [-0.39, 0.29) is 12.3 Å². The molecule has 1 heterocycles. The highest BCUT2D eigenvalue weighted by molar-refractivity contribution is 5.99. The van der Waals surface area contributed by atoms with Gasteiger partial charge in [0.1, 0.15) is 0 Å². The van der Waals surface area contributed by atoms with Crippen LogP contribution >= 0.6 is 0 Å². The van der Waals surface area contributed by atoms with Crippen molar-refractivity contribution in [1.82, 2.24) is 9.99 Å². The maximum atomic E-state index is 12.4. The summed E-state index contributed by atoms with van der Waals surface area (Å²) in [6.45, 7) is 0.765. The van der Waals surface area contributed by atoms with Gasteiger partial charge in [0, 0.05) is 29.2 Å². The lowest BCUT2D eigenvalue weighted by molar-refractivity contribution is -0.120. The maximum absolute atomic E-state index is 12.4. The van der Waals surface area contributed by atoms with Gasteiger partial charge in [-0.3, -0.25) is 4.79 Å². The highest BCUT2D eigenvalue weighted by Crippen LogP contribution is 2.27. The molecule has 1 amide bonds. The van der Waals surface area contributed by atoms with E-state index in [1.54, 1.807) is 32.6 Å². The van der Waals surface area contributed by atoms with Crippen LogP contribution in [0.2, 0.25) is 0 Å². The molecular weight excluding hydrogens is 402 g/mol. The average Bonchev–Trinajstić information content (AvgIpc) is 3.17. The number of ether oxygens (including phenoxy) is 2. The molecule has 0 spiro atoms. The normalized spacial score (nSPS) is 11.1. The number of hydrazone groups is 1. The van der Waals surface area contributed by atoms with Gasteiger partial charge in [0.15, 0.2) is 11.5 Å². The minimum Gasteiger partial charge on any atom is -0.493 e. The van der Waals surface area contributed by atoms with Crippen molar-refractivity contribution < 1.29 is 14.3 Å². The van der Waals surface area contributed by atoms with Gasteiger partial charge in [-0.25, -0.2) is 5.43 Å². The summed E-state index contributed by atoms with van der Waals surface area (Å²) in [5.41, 5.74) is 6.72. The first-order valence-electron chi connectivity index (χ1n) is 10.3. The molecule has 0 atom stereocenters. The molecule has 0 bridgehead atoms. The maximum Gasteiger partial charge on any atom is 0.244 e. The third kappa shape index (κ3) is 4.81. The van der Waals surface area contributed by atoms with Gasteiger partial charge in [-0.15, -0.1) is 0 Å². The topological polar surface area (TPSA) is 64.8 Å². The third-order valence-corrected chi connectivity index (χ3v) is 5.22. The molecule has 0 aliphatic rings. The average molecular weight is 428 g/mol. The van der Waals surface area contributed by atoms with Crippen LogP contribution in [0.15, 0.2) is 84.1 Å². The number of amides is 1. The second kappa shape index (κ2) is 9.83. The molecule has 32 heavy (non-hydrogen) atoms. The van der Waals surface area contributed by atoms with E-state index in [2.05, 4.69) is 45.6 Å². The number of aromatic nitrogens is 1. The molecule has 1 N–H and O–H groups in total. The number of hydrogen-bond donors (Lipinski definition) is 1. The summed E-state index contributed by atoms with van der Waals surface area (Å²) >= 11 is 0. The molecule has 0 unspecified atom stereocenters. The number of methoxy groups -OCH3 is 2. The minimum absolute atomic E-state index is 0.188. The van der Waals surface area contributed by atoms with E-state index in [9.17, 15) is 4.79 Å². The van der Waals surface area contributed by atoms with Crippen LogP contribution in [-0.4, -0.2) is 30.9 Å². The molecule has 0 aliphatic heterocycles. The van der Waals surface area contributed by atoms with Crippen molar-refractivity contribution in [1.29, 1.82) is 0 Å². The first kappa shape index (κ1) is 21.2. The minimum atomic E-state index is -0.207. The molecule has 0 saturated heterocycles. The van der Waals surface area contributed by atoms with Crippen LogP contribution in [0.5, 0.6) is 11.5 Å². The predicted octanol–water partition coefficient (Wildman–Crippen LogP) is 4.40. The van der Waals surface area contributed by atoms with Gasteiger partial charge in [-0.1, -0.05) is 54.6 Å². The quantitative estimate of drug-likeness (QED) is 0.335. The van der Waals surface area contributed by atoms with Crippen LogP contribution in [0.25, 0.3) is 10.9 Å². The number of para-hydroxylation sites is 1. The van der Waals surface area contributed by atoms with Crippen molar-refractivity contribution in [2.24, 2.45) is 5.10 Å². The van der Waals surface area contributed by atoms with Crippen LogP contribution in [-0.2, 0) is 17.8 Å². The Hall–Kier alpha value is -4.06. The number of fused-ring (bicyclic) bond motifs is 1. The Labute approximate surface area is 187 Å². The fourth-order valence-corrected chi connectivity index (χ4v) is 3.68. The molecule has 162 valence electrons. The van der Waals surface area contributed by atoms with Gasteiger partial charge in [-0.05, 0) is 29.3 Å². The molecule has 0 aliphatic carbocycles. The standard InChI is InChI=1S/C26H25N3O3/c1-31-24-13-12-20(14-25(24)32-2)15-26(30)28-27-16-21-18-29(17-19-8-4-3-5-9-19)23-11-7-6-10-22(21)23/h3-14,16,18H,15,17H2,1-2H3,(H,28,30)/b27-16+. The molecule has 4 rings (SSSR count). The zero-order chi connectivity index (χ0) is 22.3. The second-order valence-electron chi connectivity index (χ2n) is 7.37. The molecule has 6 nitrogen and oxygen atoms in total. The second-order valence-corrected chi connectivity index (χ2v) is 7.37. The van der Waals surface area contributed by atoms with Crippen molar-refractivity contribution >= 4 is 23.0 Å². The SMILES string of the molecule is COc1ccc(CC(=O)N/N=C/c2cn(Cc3ccccc3)c3ccccc23)cc1OC. The van der Waals surface area contributed by atoms with Gasteiger partial charge in [0.2, 0.25) is 5.91 Å². The Morgan fingerprint density at radius 1 is 0.938 bits per heavy atom. The van der Waals surface area contributed by atoms with Crippen LogP contribution in [0, 0.1) is 0 Å². The van der Waals surface area contributed by atoms with E-state index in [1.165, 1.54) is 5.56 Å². The third-order valence-electron chi connectivity index (χ3n) is 5.22. The van der Waals surface area contributed by atoms with Gasteiger partial charge in [0.05, 0.1) is 26.9 Å². The Kier molecular flexibility index (Phi) is 6.51. The fourth-order valence-electron chi connectivity index (χ4n) is 3.68.